The first-order valence-electron chi connectivity index (χ1n) is 7.19. The van der Waals surface area contributed by atoms with Gasteiger partial charge in [-0.15, -0.1) is 0 Å². The number of benzene rings is 1. The highest BCUT2D eigenvalue weighted by atomic mass is 16.5. The molecule has 4 heteroatoms. The molecule has 0 saturated carbocycles. The zero-order chi connectivity index (χ0) is 15.1. The maximum Gasteiger partial charge on any atom is 0.220 e. The lowest BCUT2D eigenvalue weighted by Crippen LogP contribution is -2.26. The largest absolute Gasteiger partial charge is 0.497 e. The summed E-state index contributed by atoms with van der Waals surface area (Å²) >= 11 is 0. The molecule has 0 unspecified atom stereocenters. The van der Waals surface area contributed by atoms with Crippen molar-refractivity contribution < 1.29 is 9.53 Å². The fraction of sp³-hybridized carbons (Fsp3) is 0.353. The molecule has 0 spiro atoms. The van der Waals surface area contributed by atoms with Gasteiger partial charge in [0.2, 0.25) is 5.91 Å². The van der Waals surface area contributed by atoms with Crippen LogP contribution in [0.1, 0.15) is 17.7 Å². The number of aryl methyl sites for hydroxylation is 2. The van der Waals surface area contributed by atoms with Gasteiger partial charge < -0.3 is 14.6 Å². The van der Waals surface area contributed by atoms with Gasteiger partial charge in [0, 0.05) is 31.9 Å². The zero-order valence-corrected chi connectivity index (χ0v) is 12.6. The summed E-state index contributed by atoms with van der Waals surface area (Å²) in [7, 11) is 3.65. The lowest BCUT2D eigenvalue weighted by atomic mass is 10.1. The van der Waals surface area contributed by atoms with Gasteiger partial charge in [0.05, 0.1) is 7.11 Å². The molecule has 1 N–H and O–H groups in total. The van der Waals surface area contributed by atoms with Gasteiger partial charge in [-0.2, -0.15) is 0 Å². The van der Waals surface area contributed by atoms with Gasteiger partial charge >= 0.3 is 0 Å². The predicted molar refractivity (Wildman–Crippen MR) is 83.4 cm³/mol. The van der Waals surface area contributed by atoms with Gasteiger partial charge in [-0.05, 0) is 42.7 Å². The molecule has 1 heterocycles. The van der Waals surface area contributed by atoms with E-state index in [0.29, 0.717) is 13.0 Å². The summed E-state index contributed by atoms with van der Waals surface area (Å²) < 4.78 is 7.16. The Labute approximate surface area is 125 Å². The zero-order valence-electron chi connectivity index (χ0n) is 12.6. The van der Waals surface area contributed by atoms with E-state index >= 15 is 0 Å². The predicted octanol–water partition coefficient (Wildman–Crippen LogP) is 2.33. The molecule has 2 aromatic rings. The molecule has 112 valence electrons. The Morgan fingerprint density at radius 2 is 1.95 bits per heavy atom. The van der Waals surface area contributed by atoms with E-state index in [2.05, 4.69) is 5.32 Å². The van der Waals surface area contributed by atoms with Crippen molar-refractivity contribution in [2.24, 2.45) is 7.05 Å². The fourth-order valence-electron chi connectivity index (χ4n) is 2.22. The number of hydrogen-bond acceptors (Lipinski definition) is 2. The van der Waals surface area contributed by atoms with Gasteiger partial charge in [-0.3, -0.25) is 4.79 Å². The summed E-state index contributed by atoms with van der Waals surface area (Å²) in [6, 6.07) is 12.0. The van der Waals surface area contributed by atoms with Crippen molar-refractivity contribution in [1.29, 1.82) is 0 Å². The van der Waals surface area contributed by atoms with Crippen LogP contribution in [0.25, 0.3) is 0 Å². The lowest BCUT2D eigenvalue weighted by Gasteiger charge is -2.07. The number of carbonyl (C=O) groups is 1. The summed E-state index contributed by atoms with van der Waals surface area (Å²) in [6.45, 7) is 0.665. The maximum atomic E-state index is 11.8. The van der Waals surface area contributed by atoms with Crippen LogP contribution in [0.4, 0.5) is 0 Å². The molecule has 4 nitrogen and oxygen atoms in total. The Hall–Kier alpha value is -2.23. The van der Waals surface area contributed by atoms with E-state index in [1.165, 1.54) is 11.3 Å². The normalized spacial score (nSPS) is 10.4. The van der Waals surface area contributed by atoms with Gasteiger partial charge in [-0.25, -0.2) is 0 Å². The van der Waals surface area contributed by atoms with E-state index in [9.17, 15) is 4.79 Å². The number of methoxy groups -OCH3 is 1. The number of hydrogen-bond donors (Lipinski definition) is 1. The van der Waals surface area contributed by atoms with Gasteiger partial charge in [0.25, 0.3) is 0 Å². The Kier molecular flexibility index (Phi) is 5.43. The smallest absolute Gasteiger partial charge is 0.220 e. The average molecular weight is 286 g/mol. The van der Waals surface area contributed by atoms with Crippen molar-refractivity contribution in [3.63, 3.8) is 0 Å². The quantitative estimate of drug-likeness (QED) is 0.849. The fourth-order valence-corrected chi connectivity index (χ4v) is 2.22. The van der Waals surface area contributed by atoms with Crippen LogP contribution < -0.4 is 10.1 Å². The van der Waals surface area contributed by atoms with Crippen molar-refractivity contribution >= 4 is 5.91 Å². The maximum absolute atomic E-state index is 11.8. The standard InChI is InChI=1S/C17H22N2O2/c1-19-13-3-4-15(19)7-10-17(20)18-12-11-14-5-8-16(21-2)9-6-14/h3-6,8-9,13H,7,10-12H2,1-2H3,(H,18,20). The average Bonchev–Trinajstić information content (AvgIpc) is 2.91. The molecular formula is C17H22N2O2. The van der Waals surface area contributed by atoms with Crippen molar-refractivity contribution in [3.8, 4) is 5.75 Å². The minimum absolute atomic E-state index is 0.102. The SMILES string of the molecule is COc1ccc(CCNC(=O)CCc2cccn2C)cc1. The van der Waals surface area contributed by atoms with E-state index in [1.54, 1.807) is 7.11 Å². The van der Waals surface area contributed by atoms with Crippen molar-refractivity contribution in [2.75, 3.05) is 13.7 Å². The third-order valence-corrected chi connectivity index (χ3v) is 3.55. The molecule has 0 atom stereocenters. The Balaban J connectivity index is 1.68. The van der Waals surface area contributed by atoms with E-state index in [0.717, 1.165) is 18.6 Å². The van der Waals surface area contributed by atoms with Crippen LogP contribution in [0.15, 0.2) is 42.6 Å². The Morgan fingerprint density at radius 3 is 2.57 bits per heavy atom. The molecule has 0 aliphatic rings. The number of ether oxygens (including phenoxy) is 1. The molecular weight excluding hydrogens is 264 g/mol. The number of carbonyl (C=O) groups excluding carboxylic acids is 1. The molecule has 0 bridgehead atoms. The van der Waals surface area contributed by atoms with Crippen molar-refractivity contribution in [2.45, 2.75) is 19.3 Å². The second-order valence-electron chi connectivity index (χ2n) is 5.06. The first kappa shape index (κ1) is 15.2. The summed E-state index contributed by atoms with van der Waals surface area (Å²) in [4.78, 5) is 11.8. The summed E-state index contributed by atoms with van der Waals surface area (Å²) in [5.74, 6) is 0.954. The van der Waals surface area contributed by atoms with Crippen LogP contribution in [-0.2, 0) is 24.7 Å². The third kappa shape index (κ3) is 4.67. The molecule has 0 aliphatic carbocycles. The minimum Gasteiger partial charge on any atom is -0.497 e. The number of nitrogens with one attached hydrogen (secondary N) is 1. The molecule has 0 fully saturated rings. The van der Waals surface area contributed by atoms with Gasteiger partial charge in [-0.1, -0.05) is 12.1 Å². The number of aromatic nitrogens is 1. The lowest BCUT2D eigenvalue weighted by molar-refractivity contribution is -0.121. The van der Waals surface area contributed by atoms with E-state index in [-0.39, 0.29) is 5.91 Å². The summed E-state index contributed by atoms with van der Waals surface area (Å²) in [5.41, 5.74) is 2.37. The van der Waals surface area contributed by atoms with Crippen LogP contribution in [0.2, 0.25) is 0 Å². The van der Waals surface area contributed by atoms with E-state index < -0.39 is 0 Å². The summed E-state index contributed by atoms with van der Waals surface area (Å²) in [5, 5.41) is 2.96. The molecule has 0 saturated heterocycles. The van der Waals surface area contributed by atoms with Crippen LogP contribution >= 0.6 is 0 Å². The first-order valence-corrected chi connectivity index (χ1v) is 7.19. The number of amides is 1. The second kappa shape index (κ2) is 7.53. The number of rotatable bonds is 7. The van der Waals surface area contributed by atoms with E-state index in [1.807, 2.05) is 54.2 Å². The van der Waals surface area contributed by atoms with Crippen molar-refractivity contribution in [1.82, 2.24) is 9.88 Å². The molecule has 1 aromatic heterocycles. The van der Waals surface area contributed by atoms with E-state index in [4.69, 9.17) is 4.74 Å². The second-order valence-corrected chi connectivity index (χ2v) is 5.06. The Bertz CT molecular complexity index is 573. The topological polar surface area (TPSA) is 43.3 Å². The number of nitrogens with zero attached hydrogens (tertiary/aromatic N) is 1. The van der Waals surface area contributed by atoms with Gasteiger partial charge in [0.1, 0.15) is 5.75 Å². The molecule has 1 aromatic carbocycles. The highest BCUT2D eigenvalue weighted by Gasteiger charge is 2.04. The van der Waals surface area contributed by atoms with Crippen LogP contribution in [0.5, 0.6) is 5.75 Å². The monoisotopic (exact) mass is 286 g/mol. The minimum atomic E-state index is 0.102. The van der Waals surface area contributed by atoms with Crippen LogP contribution in [-0.4, -0.2) is 24.1 Å². The Morgan fingerprint density at radius 1 is 1.19 bits per heavy atom. The van der Waals surface area contributed by atoms with Crippen molar-refractivity contribution in [3.05, 3.63) is 53.9 Å². The molecule has 0 radical (unpaired) electrons. The van der Waals surface area contributed by atoms with Crippen LogP contribution in [0, 0.1) is 0 Å². The molecule has 1 amide bonds. The molecule has 21 heavy (non-hydrogen) atoms. The summed E-state index contributed by atoms with van der Waals surface area (Å²) in [6.07, 6.45) is 4.13. The highest BCUT2D eigenvalue weighted by molar-refractivity contribution is 5.76. The molecule has 0 aliphatic heterocycles. The third-order valence-electron chi connectivity index (χ3n) is 3.55. The molecule has 2 rings (SSSR count). The van der Waals surface area contributed by atoms with Gasteiger partial charge in [0.15, 0.2) is 0 Å². The highest BCUT2D eigenvalue weighted by Crippen LogP contribution is 2.11. The first-order chi connectivity index (χ1) is 10.2. The van der Waals surface area contributed by atoms with Crippen LogP contribution in [0.3, 0.4) is 0 Å².